The Morgan fingerprint density at radius 3 is 2.41 bits per heavy atom. The monoisotopic (exact) mass is 442 g/mol. The molecule has 0 unspecified atom stereocenters. The Morgan fingerprint density at radius 1 is 1.03 bits per heavy atom. The molecular formula is C23H34N6O3. The molecule has 0 fully saturated rings. The number of ether oxygens (including phenoxy) is 1. The van der Waals surface area contributed by atoms with Crippen LogP contribution in [0.25, 0.3) is 0 Å². The molecule has 0 radical (unpaired) electrons. The summed E-state index contributed by atoms with van der Waals surface area (Å²) in [6.45, 7) is 12.3. The van der Waals surface area contributed by atoms with Gasteiger partial charge in [0.05, 0.1) is 6.54 Å². The van der Waals surface area contributed by atoms with Crippen molar-refractivity contribution in [2.45, 2.75) is 47.1 Å². The minimum atomic E-state index is -0.534. The maximum absolute atomic E-state index is 12.3. The molecule has 0 aliphatic rings. The van der Waals surface area contributed by atoms with Gasteiger partial charge in [0.25, 0.3) is 0 Å². The normalized spacial score (nSPS) is 11.0. The predicted octanol–water partition coefficient (Wildman–Crippen LogP) is 3.73. The van der Waals surface area contributed by atoms with Crippen molar-refractivity contribution in [1.29, 1.82) is 0 Å². The van der Waals surface area contributed by atoms with Crippen LogP contribution in [0.3, 0.4) is 0 Å². The van der Waals surface area contributed by atoms with E-state index in [4.69, 9.17) is 4.74 Å². The number of amides is 2. The molecule has 9 nitrogen and oxygen atoms in total. The summed E-state index contributed by atoms with van der Waals surface area (Å²) in [5.74, 6) is 0.766. The van der Waals surface area contributed by atoms with Crippen LogP contribution in [0.4, 0.5) is 22.2 Å². The minimum Gasteiger partial charge on any atom is -0.444 e. The van der Waals surface area contributed by atoms with Crippen LogP contribution in [-0.4, -0.2) is 59.2 Å². The second kappa shape index (κ2) is 10.8. The summed E-state index contributed by atoms with van der Waals surface area (Å²) in [7, 11) is 1.68. The number of hydrogen-bond donors (Lipinski definition) is 3. The van der Waals surface area contributed by atoms with E-state index < -0.39 is 5.60 Å². The van der Waals surface area contributed by atoms with Gasteiger partial charge in [0, 0.05) is 37.6 Å². The number of aryl methyl sites for hydroxylation is 3. The van der Waals surface area contributed by atoms with E-state index in [2.05, 4.69) is 25.9 Å². The molecule has 1 aromatic heterocycles. The Bertz CT molecular complexity index is 955. The highest BCUT2D eigenvalue weighted by atomic mass is 16.6. The lowest BCUT2D eigenvalue weighted by atomic mass is 10.1. The number of anilines is 3. The molecule has 32 heavy (non-hydrogen) atoms. The number of carbonyl (C=O) groups excluding carboxylic acids is 2. The van der Waals surface area contributed by atoms with Crippen LogP contribution in [0.1, 0.15) is 37.6 Å². The lowest BCUT2D eigenvalue weighted by Gasteiger charge is -2.24. The Hall–Kier alpha value is -3.36. The Morgan fingerprint density at radius 2 is 1.75 bits per heavy atom. The molecule has 3 N–H and O–H groups in total. The molecule has 0 bridgehead atoms. The summed E-state index contributed by atoms with van der Waals surface area (Å²) in [5.41, 5.74) is 3.26. The highest BCUT2D eigenvalue weighted by molar-refractivity contribution is 5.93. The molecular weight excluding hydrogens is 408 g/mol. The van der Waals surface area contributed by atoms with Gasteiger partial charge in [0.15, 0.2) is 0 Å². The van der Waals surface area contributed by atoms with Crippen molar-refractivity contribution in [2.75, 3.05) is 42.6 Å². The fourth-order valence-corrected chi connectivity index (χ4v) is 2.70. The third-order valence-corrected chi connectivity index (χ3v) is 4.51. The Kier molecular flexibility index (Phi) is 8.40. The maximum Gasteiger partial charge on any atom is 0.410 e. The average Bonchev–Trinajstić information content (AvgIpc) is 2.67. The van der Waals surface area contributed by atoms with Gasteiger partial charge < -0.3 is 25.6 Å². The Balaban J connectivity index is 1.85. The summed E-state index contributed by atoms with van der Waals surface area (Å²) in [4.78, 5) is 34.5. The molecule has 9 heteroatoms. The van der Waals surface area contributed by atoms with Crippen LogP contribution in [-0.2, 0) is 9.53 Å². The second-order valence-corrected chi connectivity index (χ2v) is 8.75. The van der Waals surface area contributed by atoms with Crippen molar-refractivity contribution in [2.24, 2.45) is 0 Å². The first-order valence-electron chi connectivity index (χ1n) is 10.6. The summed E-state index contributed by atoms with van der Waals surface area (Å²) >= 11 is 0. The SMILES string of the molecule is Cc1cc(NCCN(C)C(=O)OC(C)(C)C)nc(NCC(=O)Nc2ccc(C)c(C)c2)n1. The molecule has 2 rings (SSSR count). The zero-order valence-corrected chi connectivity index (χ0v) is 20.0. The molecule has 0 saturated heterocycles. The van der Waals surface area contributed by atoms with Gasteiger partial charge in [-0.05, 0) is 64.8 Å². The molecule has 0 aliphatic heterocycles. The smallest absolute Gasteiger partial charge is 0.410 e. The Labute approximate surface area is 190 Å². The first-order valence-corrected chi connectivity index (χ1v) is 10.6. The van der Waals surface area contributed by atoms with E-state index in [1.807, 2.05) is 59.7 Å². The summed E-state index contributed by atoms with van der Waals surface area (Å²) in [5, 5.41) is 8.99. The number of likely N-dealkylation sites (N-methyl/N-ethyl adjacent to an activating group) is 1. The van der Waals surface area contributed by atoms with Gasteiger partial charge in [-0.3, -0.25) is 4.79 Å². The fraction of sp³-hybridized carbons (Fsp3) is 0.478. The molecule has 0 aliphatic carbocycles. The zero-order valence-electron chi connectivity index (χ0n) is 20.0. The first-order chi connectivity index (χ1) is 14.9. The van der Waals surface area contributed by atoms with Crippen molar-refractivity contribution in [1.82, 2.24) is 14.9 Å². The standard InChI is InChI=1S/C23H34N6O3/c1-15-8-9-18(12-16(15)2)27-20(30)14-25-21-26-17(3)13-19(28-21)24-10-11-29(7)22(31)32-23(4,5)6/h8-9,12-13H,10-11,14H2,1-7H3,(H,27,30)(H2,24,25,26,28). The van der Waals surface area contributed by atoms with Crippen molar-refractivity contribution >= 4 is 29.5 Å². The van der Waals surface area contributed by atoms with E-state index in [0.717, 1.165) is 16.9 Å². The lowest BCUT2D eigenvalue weighted by molar-refractivity contribution is -0.114. The molecule has 1 aromatic carbocycles. The van der Waals surface area contributed by atoms with Gasteiger partial charge in [-0.1, -0.05) is 6.07 Å². The van der Waals surface area contributed by atoms with Gasteiger partial charge in [-0.25, -0.2) is 9.78 Å². The van der Waals surface area contributed by atoms with Crippen LogP contribution in [0.5, 0.6) is 0 Å². The predicted molar refractivity (Wildman–Crippen MR) is 127 cm³/mol. The van der Waals surface area contributed by atoms with Gasteiger partial charge in [-0.2, -0.15) is 4.98 Å². The number of carbonyl (C=O) groups is 2. The van der Waals surface area contributed by atoms with E-state index in [-0.39, 0.29) is 18.5 Å². The third-order valence-electron chi connectivity index (χ3n) is 4.51. The molecule has 2 aromatic rings. The molecule has 1 heterocycles. The van der Waals surface area contributed by atoms with Crippen LogP contribution >= 0.6 is 0 Å². The van der Waals surface area contributed by atoms with E-state index in [9.17, 15) is 9.59 Å². The van der Waals surface area contributed by atoms with E-state index in [1.165, 1.54) is 10.5 Å². The van der Waals surface area contributed by atoms with Crippen molar-refractivity contribution < 1.29 is 14.3 Å². The van der Waals surface area contributed by atoms with Crippen molar-refractivity contribution in [3.63, 3.8) is 0 Å². The van der Waals surface area contributed by atoms with Crippen LogP contribution in [0, 0.1) is 20.8 Å². The molecule has 0 atom stereocenters. The molecule has 174 valence electrons. The molecule has 2 amide bonds. The topological polar surface area (TPSA) is 108 Å². The van der Waals surface area contributed by atoms with E-state index >= 15 is 0 Å². The summed E-state index contributed by atoms with van der Waals surface area (Å²) in [6, 6.07) is 7.58. The maximum atomic E-state index is 12.3. The second-order valence-electron chi connectivity index (χ2n) is 8.75. The molecule has 0 saturated carbocycles. The third kappa shape index (κ3) is 8.41. The van der Waals surface area contributed by atoms with Crippen LogP contribution in [0.15, 0.2) is 24.3 Å². The van der Waals surface area contributed by atoms with Gasteiger partial charge >= 0.3 is 6.09 Å². The lowest BCUT2D eigenvalue weighted by Crippen LogP contribution is -2.36. The molecule has 0 spiro atoms. The van der Waals surface area contributed by atoms with Crippen molar-refractivity contribution in [3.05, 3.63) is 41.1 Å². The van der Waals surface area contributed by atoms with Gasteiger partial charge in [0.2, 0.25) is 11.9 Å². The number of rotatable bonds is 8. The number of nitrogens with one attached hydrogen (secondary N) is 3. The highest BCUT2D eigenvalue weighted by Crippen LogP contribution is 2.14. The van der Waals surface area contributed by atoms with Gasteiger partial charge in [-0.15, -0.1) is 0 Å². The highest BCUT2D eigenvalue weighted by Gasteiger charge is 2.19. The average molecular weight is 443 g/mol. The number of benzene rings is 1. The van der Waals surface area contributed by atoms with E-state index in [0.29, 0.717) is 24.9 Å². The van der Waals surface area contributed by atoms with E-state index in [1.54, 1.807) is 13.1 Å². The van der Waals surface area contributed by atoms with Gasteiger partial charge in [0.1, 0.15) is 11.4 Å². The number of aromatic nitrogens is 2. The number of hydrogen-bond acceptors (Lipinski definition) is 7. The quantitative estimate of drug-likeness (QED) is 0.571. The van der Waals surface area contributed by atoms with Crippen LogP contribution in [0.2, 0.25) is 0 Å². The minimum absolute atomic E-state index is 0.0389. The summed E-state index contributed by atoms with van der Waals surface area (Å²) in [6.07, 6.45) is -0.379. The number of nitrogens with zero attached hydrogens (tertiary/aromatic N) is 3. The van der Waals surface area contributed by atoms with Crippen molar-refractivity contribution in [3.8, 4) is 0 Å². The van der Waals surface area contributed by atoms with Crippen LogP contribution < -0.4 is 16.0 Å². The zero-order chi connectivity index (χ0) is 23.9. The largest absolute Gasteiger partial charge is 0.444 e. The fourth-order valence-electron chi connectivity index (χ4n) is 2.70. The first kappa shape index (κ1) is 24.9. The summed E-state index contributed by atoms with van der Waals surface area (Å²) < 4.78 is 5.34.